The van der Waals surface area contributed by atoms with Crippen molar-refractivity contribution in [3.63, 3.8) is 0 Å². The van der Waals surface area contributed by atoms with Crippen molar-refractivity contribution in [3.05, 3.63) is 82.9 Å². The minimum atomic E-state index is -3.90. The van der Waals surface area contributed by atoms with Crippen LogP contribution in [0, 0.1) is 6.92 Å². The Hall–Kier alpha value is -4.50. The number of hydrogen-bond acceptors (Lipinski definition) is 9. The molecule has 14 heteroatoms. The summed E-state index contributed by atoms with van der Waals surface area (Å²) in [5, 5.41) is 5.74. The van der Waals surface area contributed by atoms with Crippen LogP contribution in [0.3, 0.4) is 0 Å². The van der Waals surface area contributed by atoms with Gasteiger partial charge < -0.3 is 34.6 Å². The number of hydrogen-bond donors (Lipinski definition) is 2. The fourth-order valence-electron chi connectivity index (χ4n) is 6.11. The Morgan fingerprint density at radius 1 is 0.846 bits per heavy atom. The third kappa shape index (κ3) is 10.1. The average Bonchev–Trinajstić information content (AvgIpc) is 3.16. The molecule has 280 valence electrons. The number of ether oxygens (including phenoxy) is 3. The predicted octanol–water partition coefficient (Wildman–Crippen LogP) is 3.92. The van der Waals surface area contributed by atoms with Crippen molar-refractivity contribution < 1.29 is 37.0 Å². The summed E-state index contributed by atoms with van der Waals surface area (Å²) in [5.74, 6) is 0.234. The number of carbonyl (C=O) groups excluding carboxylic acids is 3. The van der Waals surface area contributed by atoms with Crippen molar-refractivity contribution in [1.82, 2.24) is 19.4 Å². The van der Waals surface area contributed by atoms with Gasteiger partial charge in [-0.15, -0.1) is 0 Å². The number of aryl methyl sites for hydroxylation is 1. The maximum atomic E-state index is 13.4. The van der Waals surface area contributed by atoms with Crippen LogP contribution in [-0.2, 0) is 26.1 Å². The van der Waals surface area contributed by atoms with Crippen molar-refractivity contribution in [2.75, 3.05) is 78.6 Å². The summed E-state index contributed by atoms with van der Waals surface area (Å²) in [4.78, 5) is 43.3. The van der Waals surface area contributed by atoms with Crippen molar-refractivity contribution >= 4 is 33.4 Å². The van der Waals surface area contributed by atoms with Gasteiger partial charge in [0.05, 0.1) is 43.1 Å². The number of sulfonamides is 1. The number of anilines is 1. The predicted molar refractivity (Wildman–Crippen MR) is 197 cm³/mol. The van der Waals surface area contributed by atoms with E-state index in [1.165, 1.54) is 23.5 Å². The number of piperazine rings is 1. The van der Waals surface area contributed by atoms with Gasteiger partial charge >= 0.3 is 0 Å². The van der Waals surface area contributed by atoms with Crippen LogP contribution >= 0.6 is 0 Å². The molecule has 2 fully saturated rings. The number of morpholine rings is 1. The number of likely N-dealkylation sites (N-methyl/N-ethyl adjacent to an activating group) is 1. The molecule has 3 aromatic rings. The zero-order chi connectivity index (χ0) is 37.1. The number of unbranched alkanes of at least 4 members (excludes halogenated alkanes) is 2. The first kappa shape index (κ1) is 38.7. The van der Waals surface area contributed by atoms with E-state index in [4.69, 9.17) is 14.2 Å². The molecule has 2 aliphatic heterocycles. The molecular weight excluding hydrogens is 687 g/mol. The zero-order valence-electron chi connectivity index (χ0n) is 30.2. The summed E-state index contributed by atoms with van der Waals surface area (Å²) in [5.41, 5.74) is 2.49. The molecule has 2 N–H and O–H groups in total. The zero-order valence-corrected chi connectivity index (χ0v) is 31.0. The Morgan fingerprint density at radius 3 is 2.35 bits per heavy atom. The van der Waals surface area contributed by atoms with E-state index in [9.17, 15) is 22.8 Å². The lowest BCUT2D eigenvalue weighted by atomic mass is 10.1. The summed E-state index contributed by atoms with van der Waals surface area (Å²) in [6, 6.07) is 16.6. The van der Waals surface area contributed by atoms with Crippen molar-refractivity contribution in [2.24, 2.45) is 0 Å². The normalized spacial score (nSPS) is 15.6. The van der Waals surface area contributed by atoms with Crippen LogP contribution in [0.2, 0.25) is 0 Å². The van der Waals surface area contributed by atoms with Crippen LogP contribution in [0.1, 0.15) is 57.5 Å². The van der Waals surface area contributed by atoms with Crippen molar-refractivity contribution in [3.8, 4) is 11.5 Å². The molecule has 13 nitrogen and oxygen atoms in total. The second kappa shape index (κ2) is 18.3. The molecule has 3 amide bonds. The molecule has 2 aliphatic rings. The molecule has 0 unspecified atom stereocenters. The minimum Gasteiger partial charge on any atom is -0.496 e. The van der Waals surface area contributed by atoms with E-state index in [1.54, 1.807) is 36.4 Å². The molecule has 0 spiro atoms. The summed E-state index contributed by atoms with van der Waals surface area (Å²) in [6.45, 7) is 6.87. The van der Waals surface area contributed by atoms with Crippen LogP contribution in [0.15, 0.2) is 65.6 Å². The molecule has 3 aromatic carbocycles. The van der Waals surface area contributed by atoms with Crippen LogP contribution in [-0.4, -0.2) is 113 Å². The number of nitrogens with one attached hydrogen (secondary N) is 2. The third-order valence-corrected chi connectivity index (χ3v) is 11.2. The second-order valence-corrected chi connectivity index (χ2v) is 14.9. The van der Waals surface area contributed by atoms with E-state index >= 15 is 0 Å². The van der Waals surface area contributed by atoms with Gasteiger partial charge in [0.1, 0.15) is 11.5 Å². The van der Waals surface area contributed by atoms with Crippen LogP contribution < -0.4 is 20.1 Å². The highest BCUT2D eigenvalue weighted by molar-refractivity contribution is 7.89. The second-order valence-electron chi connectivity index (χ2n) is 13.0. The van der Waals surface area contributed by atoms with Gasteiger partial charge in [-0.1, -0.05) is 24.3 Å². The fraction of sp³-hybridized carbons (Fsp3) is 0.447. The van der Waals surface area contributed by atoms with E-state index in [1.807, 2.05) is 24.0 Å². The number of methoxy groups -OCH3 is 1. The van der Waals surface area contributed by atoms with E-state index in [0.717, 1.165) is 51.0 Å². The molecule has 0 atom stereocenters. The number of nitrogens with zero attached hydrogens (tertiary/aromatic N) is 3. The summed E-state index contributed by atoms with van der Waals surface area (Å²) < 4.78 is 44.9. The topological polar surface area (TPSA) is 147 Å². The van der Waals surface area contributed by atoms with E-state index in [-0.39, 0.29) is 41.9 Å². The van der Waals surface area contributed by atoms with E-state index in [2.05, 4.69) is 22.6 Å². The Kier molecular flexibility index (Phi) is 13.6. The maximum absolute atomic E-state index is 13.4. The quantitative estimate of drug-likeness (QED) is 0.222. The maximum Gasteiger partial charge on any atom is 0.255 e. The SMILES string of the molecule is COc1cc(C(=O)Nc2ccc(C)cc2OCCCCCC(=O)N2CCN(C)CC2)ccc1CNC(=O)c1ccccc1S(=O)(=O)N1CCOCC1. The summed E-state index contributed by atoms with van der Waals surface area (Å²) in [7, 11) is -0.352. The van der Waals surface area contributed by atoms with Crippen LogP contribution in [0.25, 0.3) is 0 Å². The monoisotopic (exact) mass is 735 g/mol. The van der Waals surface area contributed by atoms with E-state index in [0.29, 0.717) is 54.6 Å². The Balaban J connectivity index is 1.15. The van der Waals surface area contributed by atoms with Gasteiger partial charge in [0.15, 0.2) is 0 Å². The lowest BCUT2D eigenvalue weighted by Crippen LogP contribution is -2.47. The molecular formula is C38H49N5O8S. The summed E-state index contributed by atoms with van der Waals surface area (Å²) in [6.07, 6.45) is 2.98. The van der Waals surface area contributed by atoms with E-state index < -0.39 is 15.9 Å². The number of benzene rings is 3. The molecule has 2 saturated heterocycles. The molecule has 52 heavy (non-hydrogen) atoms. The third-order valence-electron chi connectivity index (χ3n) is 9.24. The standard InChI is InChI=1S/C38H49N5O8S/c1-28-12-15-32(34(25-28)51-22-8-4-5-11-36(44)42-18-16-41(2)17-19-42)40-37(45)29-13-14-30(33(26-29)49-3)27-39-38(46)31-9-6-7-10-35(31)52(47,48)43-20-23-50-24-21-43/h6-7,9-10,12-15,25-26H,4-5,8,11,16-24,27H2,1-3H3,(H,39,46)(H,40,45). The smallest absolute Gasteiger partial charge is 0.255 e. The highest BCUT2D eigenvalue weighted by Gasteiger charge is 2.30. The number of carbonyl (C=O) groups is 3. The van der Waals surface area contributed by atoms with Crippen LogP contribution in [0.5, 0.6) is 11.5 Å². The Bertz CT molecular complexity index is 1820. The van der Waals surface area contributed by atoms with Crippen molar-refractivity contribution in [1.29, 1.82) is 0 Å². The Labute approximate surface area is 306 Å². The molecule has 2 heterocycles. The average molecular weight is 736 g/mol. The lowest BCUT2D eigenvalue weighted by molar-refractivity contribution is -0.132. The first-order chi connectivity index (χ1) is 25.1. The molecule has 0 radical (unpaired) electrons. The molecule has 0 aromatic heterocycles. The highest BCUT2D eigenvalue weighted by atomic mass is 32.2. The lowest BCUT2D eigenvalue weighted by Gasteiger charge is -2.32. The number of amides is 3. The van der Waals surface area contributed by atoms with Gasteiger partial charge in [0, 0.05) is 63.4 Å². The fourth-order valence-corrected chi connectivity index (χ4v) is 7.70. The first-order valence-electron chi connectivity index (χ1n) is 17.7. The first-order valence-corrected chi connectivity index (χ1v) is 19.1. The largest absolute Gasteiger partial charge is 0.496 e. The Morgan fingerprint density at radius 2 is 1.60 bits per heavy atom. The van der Waals surface area contributed by atoms with Crippen molar-refractivity contribution in [2.45, 2.75) is 44.0 Å². The van der Waals surface area contributed by atoms with Gasteiger partial charge in [0.25, 0.3) is 11.8 Å². The van der Waals surface area contributed by atoms with Gasteiger partial charge in [-0.25, -0.2) is 8.42 Å². The minimum absolute atomic E-state index is 0.0375. The molecule has 0 bridgehead atoms. The van der Waals surface area contributed by atoms with Gasteiger partial charge in [-0.3, -0.25) is 14.4 Å². The van der Waals surface area contributed by atoms with Gasteiger partial charge in [0.2, 0.25) is 15.9 Å². The summed E-state index contributed by atoms with van der Waals surface area (Å²) >= 11 is 0. The van der Waals surface area contributed by atoms with Gasteiger partial charge in [-0.2, -0.15) is 4.31 Å². The number of rotatable bonds is 15. The molecule has 0 saturated carbocycles. The molecule has 0 aliphatic carbocycles. The highest BCUT2D eigenvalue weighted by Crippen LogP contribution is 2.28. The van der Waals surface area contributed by atoms with Gasteiger partial charge in [-0.05, 0) is 75.2 Å². The van der Waals surface area contributed by atoms with Crippen LogP contribution in [0.4, 0.5) is 5.69 Å². The molecule has 5 rings (SSSR count).